The Bertz CT molecular complexity index is 905. The predicted octanol–water partition coefficient (Wildman–Crippen LogP) is 4.04. The lowest BCUT2D eigenvalue weighted by Crippen LogP contribution is -2.24. The van der Waals surface area contributed by atoms with Gasteiger partial charge in [0.15, 0.2) is 0 Å². The van der Waals surface area contributed by atoms with Crippen LogP contribution in [0.1, 0.15) is 5.56 Å². The van der Waals surface area contributed by atoms with Crippen LogP contribution in [0.25, 0.3) is 0 Å². The molecule has 0 aliphatic carbocycles. The Balaban J connectivity index is 2.04. The summed E-state index contributed by atoms with van der Waals surface area (Å²) in [6.07, 6.45) is 1.17. The molecule has 0 saturated carbocycles. The summed E-state index contributed by atoms with van der Waals surface area (Å²) in [5.74, 6) is -0.585. The Morgan fingerprint density at radius 1 is 1.23 bits per heavy atom. The molecule has 132 valence electrons. The van der Waals surface area contributed by atoms with E-state index in [0.717, 1.165) is 5.56 Å². The van der Waals surface area contributed by atoms with Gasteiger partial charge in [0, 0.05) is 29.5 Å². The molecule has 0 atom stereocenters. The number of nitriles is 1. The number of nitro benzene ring substituents is 1. The summed E-state index contributed by atoms with van der Waals surface area (Å²) < 4.78 is 0. The monoisotopic (exact) mass is 390 g/mol. The van der Waals surface area contributed by atoms with E-state index in [0.29, 0.717) is 10.7 Å². The van der Waals surface area contributed by atoms with Gasteiger partial charge >= 0.3 is 0 Å². The van der Waals surface area contributed by atoms with E-state index in [-0.39, 0.29) is 22.8 Å². The highest BCUT2D eigenvalue weighted by atomic mass is 35.5. The maximum atomic E-state index is 12.1. The number of anilines is 1. The number of carbonyl (C=O) groups excluding carboxylic acids is 1. The third-order valence-corrected chi connectivity index (χ3v) is 3.83. The zero-order chi connectivity index (χ0) is 19.1. The van der Waals surface area contributed by atoms with E-state index in [4.69, 9.17) is 28.5 Å². The zero-order valence-electron chi connectivity index (χ0n) is 13.2. The fraction of sp³-hybridized carbons (Fsp3) is 0.0588. The largest absolute Gasteiger partial charge is 0.360 e. The summed E-state index contributed by atoms with van der Waals surface area (Å²) in [6, 6.07) is 12.7. The molecule has 2 rings (SSSR count). The normalized spacial score (nSPS) is 10.7. The molecular weight excluding hydrogens is 379 g/mol. The molecule has 0 fully saturated rings. The first-order chi connectivity index (χ1) is 12.4. The minimum Gasteiger partial charge on any atom is -0.360 e. The highest BCUT2D eigenvalue weighted by molar-refractivity contribution is 6.32. The number of nitrogens with one attached hydrogen (secondary N) is 2. The second-order valence-corrected chi connectivity index (χ2v) is 5.89. The SMILES string of the molecule is N#C/C(=C/Nc1ccc(Cl)c([N+](=O)[O-])c1)C(=O)NCc1ccc(Cl)cc1. The van der Waals surface area contributed by atoms with Crippen molar-refractivity contribution in [2.45, 2.75) is 6.54 Å². The summed E-state index contributed by atoms with van der Waals surface area (Å²) in [6.45, 7) is 0.224. The Labute approximate surface area is 159 Å². The Hall–Kier alpha value is -3.08. The lowest BCUT2D eigenvalue weighted by molar-refractivity contribution is -0.384. The van der Waals surface area contributed by atoms with Gasteiger partial charge in [0.05, 0.1) is 4.92 Å². The van der Waals surface area contributed by atoms with Gasteiger partial charge in [0.25, 0.3) is 11.6 Å². The molecular formula is C17H12Cl2N4O3. The van der Waals surface area contributed by atoms with Crippen molar-refractivity contribution in [3.05, 3.63) is 80.0 Å². The molecule has 2 aromatic carbocycles. The number of benzene rings is 2. The van der Waals surface area contributed by atoms with E-state index in [1.54, 1.807) is 30.3 Å². The number of hydrogen-bond acceptors (Lipinski definition) is 5. The Morgan fingerprint density at radius 2 is 1.92 bits per heavy atom. The van der Waals surface area contributed by atoms with Gasteiger partial charge in [0.1, 0.15) is 16.7 Å². The molecule has 1 amide bonds. The van der Waals surface area contributed by atoms with E-state index in [1.807, 2.05) is 0 Å². The van der Waals surface area contributed by atoms with E-state index in [9.17, 15) is 14.9 Å². The summed E-state index contributed by atoms with van der Waals surface area (Å²) in [5.41, 5.74) is 0.674. The number of hydrogen-bond donors (Lipinski definition) is 2. The fourth-order valence-corrected chi connectivity index (χ4v) is 2.24. The third-order valence-electron chi connectivity index (χ3n) is 3.26. The molecule has 2 N–H and O–H groups in total. The third kappa shape index (κ3) is 5.21. The van der Waals surface area contributed by atoms with Gasteiger partial charge in [-0.05, 0) is 29.8 Å². The summed E-state index contributed by atoms with van der Waals surface area (Å²) in [4.78, 5) is 22.3. The molecule has 0 spiro atoms. The first-order valence-corrected chi connectivity index (χ1v) is 7.99. The minimum atomic E-state index is -0.624. The van der Waals surface area contributed by atoms with Crippen LogP contribution < -0.4 is 10.6 Å². The molecule has 0 radical (unpaired) electrons. The van der Waals surface area contributed by atoms with Crippen molar-refractivity contribution in [1.29, 1.82) is 5.26 Å². The van der Waals surface area contributed by atoms with Gasteiger partial charge in [-0.2, -0.15) is 5.26 Å². The zero-order valence-corrected chi connectivity index (χ0v) is 14.7. The topological polar surface area (TPSA) is 108 Å². The molecule has 7 nitrogen and oxygen atoms in total. The first-order valence-electron chi connectivity index (χ1n) is 7.24. The maximum Gasteiger partial charge on any atom is 0.289 e. The van der Waals surface area contributed by atoms with Crippen molar-refractivity contribution in [2.75, 3.05) is 5.32 Å². The predicted molar refractivity (Wildman–Crippen MR) is 98.7 cm³/mol. The highest BCUT2D eigenvalue weighted by Crippen LogP contribution is 2.27. The molecule has 9 heteroatoms. The number of nitro groups is 1. The van der Waals surface area contributed by atoms with Crippen LogP contribution in [0, 0.1) is 21.4 Å². The standard InChI is InChI=1S/C17H12Cl2N4O3/c18-13-3-1-11(2-4-13)9-22-17(24)12(8-20)10-21-14-5-6-15(19)16(7-14)23(25)26/h1-7,10,21H,9H2,(H,22,24)/b12-10-. The van der Waals surface area contributed by atoms with Crippen LogP contribution >= 0.6 is 23.2 Å². The lowest BCUT2D eigenvalue weighted by atomic mass is 10.2. The number of halogens is 2. The number of rotatable bonds is 6. The van der Waals surface area contributed by atoms with Gasteiger partial charge in [-0.3, -0.25) is 14.9 Å². The van der Waals surface area contributed by atoms with Gasteiger partial charge in [-0.25, -0.2) is 0 Å². The van der Waals surface area contributed by atoms with Gasteiger partial charge in [-0.1, -0.05) is 35.3 Å². The van der Waals surface area contributed by atoms with Crippen molar-refractivity contribution in [1.82, 2.24) is 5.32 Å². The van der Waals surface area contributed by atoms with Gasteiger partial charge < -0.3 is 10.6 Å². The smallest absolute Gasteiger partial charge is 0.289 e. The second-order valence-electron chi connectivity index (χ2n) is 5.05. The molecule has 0 aromatic heterocycles. The van der Waals surface area contributed by atoms with Gasteiger partial charge in [-0.15, -0.1) is 0 Å². The Kier molecular flexibility index (Phi) is 6.55. The molecule has 0 aliphatic rings. The van der Waals surface area contributed by atoms with E-state index in [1.165, 1.54) is 24.4 Å². The molecule has 2 aromatic rings. The van der Waals surface area contributed by atoms with Crippen LogP contribution in [0.15, 0.2) is 54.2 Å². The summed E-state index contributed by atoms with van der Waals surface area (Å²) in [7, 11) is 0. The van der Waals surface area contributed by atoms with Crippen LogP contribution in [0.2, 0.25) is 10.0 Å². The van der Waals surface area contributed by atoms with Crippen LogP contribution in [-0.2, 0) is 11.3 Å². The fourth-order valence-electron chi connectivity index (χ4n) is 1.93. The van der Waals surface area contributed by atoms with E-state index in [2.05, 4.69) is 10.6 Å². The van der Waals surface area contributed by atoms with Gasteiger partial charge in [0.2, 0.25) is 0 Å². The van der Waals surface area contributed by atoms with Crippen molar-refractivity contribution >= 4 is 40.5 Å². The number of nitrogens with zero attached hydrogens (tertiary/aromatic N) is 2. The molecule has 0 saturated heterocycles. The minimum absolute atomic E-state index is 0.00857. The lowest BCUT2D eigenvalue weighted by Gasteiger charge is -2.06. The van der Waals surface area contributed by atoms with Crippen molar-refractivity contribution in [3.63, 3.8) is 0 Å². The van der Waals surface area contributed by atoms with Crippen LogP contribution in [0.4, 0.5) is 11.4 Å². The number of amides is 1. The van der Waals surface area contributed by atoms with Crippen molar-refractivity contribution < 1.29 is 9.72 Å². The average molecular weight is 391 g/mol. The Morgan fingerprint density at radius 3 is 2.54 bits per heavy atom. The molecule has 0 heterocycles. The van der Waals surface area contributed by atoms with Crippen LogP contribution in [0.5, 0.6) is 0 Å². The molecule has 0 unspecified atom stereocenters. The second kappa shape index (κ2) is 8.85. The summed E-state index contributed by atoms with van der Waals surface area (Å²) >= 11 is 11.5. The number of carbonyl (C=O) groups is 1. The molecule has 0 aliphatic heterocycles. The summed E-state index contributed by atoms with van der Waals surface area (Å²) in [5, 5.41) is 25.9. The van der Waals surface area contributed by atoms with Crippen LogP contribution in [-0.4, -0.2) is 10.8 Å². The van der Waals surface area contributed by atoms with Crippen molar-refractivity contribution in [2.24, 2.45) is 0 Å². The van der Waals surface area contributed by atoms with Crippen LogP contribution in [0.3, 0.4) is 0 Å². The quantitative estimate of drug-likeness (QED) is 0.334. The molecule has 0 bridgehead atoms. The maximum absolute atomic E-state index is 12.1. The van der Waals surface area contributed by atoms with E-state index < -0.39 is 10.8 Å². The average Bonchev–Trinajstić information content (AvgIpc) is 2.62. The van der Waals surface area contributed by atoms with E-state index >= 15 is 0 Å². The molecule has 26 heavy (non-hydrogen) atoms. The van der Waals surface area contributed by atoms with Crippen molar-refractivity contribution in [3.8, 4) is 6.07 Å². The first kappa shape index (κ1) is 19.2. The highest BCUT2D eigenvalue weighted by Gasteiger charge is 2.13.